The van der Waals surface area contributed by atoms with Gasteiger partial charge in [0.1, 0.15) is 17.2 Å². The van der Waals surface area contributed by atoms with E-state index in [0.29, 0.717) is 49.1 Å². The predicted octanol–water partition coefficient (Wildman–Crippen LogP) is 12.2. The zero-order chi connectivity index (χ0) is 41.0. The summed E-state index contributed by atoms with van der Waals surface area (Å²) < 4.78 is 37.1. The molecular weight excluding hydrogens is 788 g/mol. The number of carbonyl (C=O) groups is 3. The fourth-order valence-electron chi connectivity index (χ4n) is 3.00. The van der Waals surface area contributed by atoms with Crippen molar-refractivity contribution in [2.45, 2.75) is 6.18 Å². The van der Waals surface area contributed by atoms with E-state index >= 15 is 0 Å². The highest BCUT2D eigenvalue weighted by atomic mass is 32.1. The largest absolute Gasteiger partial charge is 0.478 e. The molecule has 0 amide bonds. The Bertz CT molecular complexity index is 2420. The topological polar surface area (TPSA) is 150 Å². The van der Waals surface area contributed by atoms with E-state index in [2.05, 4.69) is 38.8 Å². The van der Waals surface area contributed by atoms with Crippen molar-refractivity contribution in [3.05, 3.63) is 147 Å². The zero-order valence-corrected chi connectivity index (χ0v) is 29.3. The van der Waals surface area contributed by atoms with Crippen LogP contribution in [0.2, 0.25) is 0 Å². The molecular formula is C33H10F3N9O5S4. The maximum Gasteiger partial charge on any atom is 0.423 e. The quantitative estimate of drug-likeness (QED) is 0.0888. The van der Waals surface area contributed by atoms with Crippen LogP contribution >= 0.6 is 45.3 Å². The number of carboxylic acid groups (broad SMARTS) is 2. The molecule has 14 nitrogen and oxygen atoms in total. The fourth-order valence-corrected chi connectivity index (χ4v) is 5.97. The SMILES string of the molecule is [C-]#[N+]c1cc(/C=C(/C(=O)O)C(F)(F)F)sc1[N+]#[C-].[C-]#[N+]c1cc(/C=C(\C#N)C(=O)O)sc1[N+]#[C-].[C-]#[N+]c1cc(C=O)sc1[N+]#[C-].[C-]#[N+]c1ccsc1[N+]#[C-]. The summed E-state index contributed by atoms with van der Waals surface area (Å²) in [6.07, 6.45) is -2.78. The minimum Gasteiger partial charge on any atom is -0.478 e. The van der Waals surface area contributed by atoms with Gasteiger partial charge in [0.05, 0.1) is 52.6 Å². The van der Waals surface area contributed by atoms with E-state index in [1.54, 1.807) is 11.4 Å². The van der Waals surface area contributed by atoms with E-state index in [0.717, 1.165) is 34.8 Å². The van der Waals surface area contributed by atoms with Crippen LogP contribution in [0.3, 0.4) is 0 Å². The average molecular weight is 798 g/mol. The smallest absolute Gasteiger partial charge is 0.423 e. The van der Waals surface area contributed by atoms with Crippen molar-refractivity contribution in [3.8, 4) is 6.07 Å². The number of aliphatic carboxylic acids is 2. The normalized spacial score (nSPS) is 9.81. The van der Waals surface area contributed by atoms with Crippen LogP contribution in [0.25, 0.3) is 50.9 Å². The van der Waals surface area contributed by atoms with Crippen LogP contribution in [0.4, 0.5) is 55.9 Å². The molecule has 0 aliphatic heterocycles. The summed E-state index contributed by atoms with van der Waals surface area (Å²) >= 11 is 3.98. The van der Waals surface area contributed by atoms with Gasteiger partial charge < -0.3 is 10.2 Å². The number of aldehydes is 1. The number of carboxylic acids is 2. The summed E-state index contributed by atoms with van der Waals surface area (Å²) in [6, 6.07) is 7.06. The first-order valence-corrected chi connectivity index (χ1v) is 16.3. The van der Waals surface area contributed by atoms with Crippen molar-refractivity contribution in [1.82, 2.24) is 0 Å². The van der Waals surface area contributed by atoms with Crippen molar-refractivity contribution < 1.29 is 37.8 Å². The van der Waals surface area contributed by atoms with Crippen molar-refractivity contribution in [1.29, 1.82) is 5.26 Å². The molecule has 0 radical (unpaired) electrons. The molecule has 4 aromatic rings. The lowest BCUT2D eigenvalue weighted by atomic mass is 10.2. The van der Waals surface area contributed by atoms with Gasteiger partial charge in [0.15, 0.2) is 6.29 Å². The monoisotopic (exact) mass is 797 g/mol. The van der Waals surface area contributed by atoms with Crippen LogP contribution in [0, 0.1) is 63.9 Å². The van der Waals surface area contributed by atoms with Gasteiger partial charge in [0.25, 0.3) is 0 Å². The zero-order valence-electron chi connectivity index (χ0n) is 26.0. The van der Waals surface area contributed by atoms with E-state index in [9.17, 15) is 27.6 Å². The molecule has 0 unspecified atom stereocenters. The van der Waals surface area contributed by atoms with Gasteiger partial charge in [0, 0.05) is 14.6 Å². The summed E-state index contributed by atoms with van der Waals surface area (Å²) in [6.45, 7) is 53.5. The van der Waals surface area contributed by atoms with Crippen LogP contribution in [0.5, 0.6) is 0 Å². The van der Waals surface area contributed by atoms with Crippen molar-refractivity contribution in [2.75, 3.05) is 0 Å². The van der Waals surface area contributed by atoms with E-state index < -0.39 is 29.3 Å². The standard InChI is InChI=1S/C10H3F3N2O2S.C10H3N3O2S.C7H2N2OS.C6H2N2S/c1-14-7-4-5(18-8(7)15-2)3-6(9(16)17)10(11,12)13;1-12-8-4-7(16-9(8)13-2)3-6(5-11)10(14)15;1-8-6-3-5(4-10)11-7(6)9-2;1-7-5-3-4-9-6(5)8-2/h3-4H,(H,16,17);3-4H,(H,14,15);3-4H;3-4H/b6-3-;6-3+;;. The Morgan fingerprint density at radius 3 is 1.35 bits per heavy atom. The second-order valence-corrected chi connectivity index (χ2v) is 12.6. The molecule has 0 aliphatic rings. The highest BCUT2D eigenvalue weighted by Crippen LogP contribution is 2.41. The molecule has 0 aliphatic carbocycles. The van der Waals surface area contributed by atoms with Crippen LogP contribution < -0.4 is 0 Å². The average Bonchev–Trinajstić information content (AvgIpc) is 3.97. The lowest BCUT2D eigenvalue weighted by molar-refractivity contribution is -0.144. The molecule has 4 rings (SSSR count). The van der Waals surface area contributed by atoms with Crippen molar-refractivity contribution >= 4 is 118 Å². The van der Waals surface area contributed by atoms with Gasteiger partial charge in [-0.2, -0.15) is 63.8 Å². The lowest BCUT2D eigenvalue weighted by Gasteiger charge is -2.05. The van der Waals surface area contributed by atoms with Gasteiger partial charge in [-0.3, -0.25) is 4.79 Å². The molecule has 0 saturated heterocycles. The van der Waals surface area contributed by atoms with Gasteiger partial charge in [-0.1, -0.05) is 18.2 Å². The van der Waals surface area contributed by atoms with Crippen LogP contribution in [-0.4, -0.2) is 34.6 Å². The molecule has 0 bridgehead atoms. The lowest BCUT2D eigenvalue weighted by Crippen LogP contribution is -2.19. The molecule has 4 heterocycles. The molecule has 0 aromatic carbocycles. The third kappa shape index (κ3) is 12.8. The second-order valence-electron chi connectivity index (χ2n) is 8.48. The number of thiophene rings is 4. The molecule has 0 atom stereocenters. The Hall–Kier alpha value is -7.91. The molecule has 21 heteroatoms. The summed E-state index contributed by atoms with van der Waals surface area (Å²) in [5.74, 6) is -3.44. The molecule has 4 aromatic heterocycles. The Morgan fingerprint density at radius 1 is 0.648 bits per heavy atom. The van der Waals surface area contributed by atoms with E-state index in [-0.39, 0.29) is 31.9 Å². The summed E-state index contributed by atoms with van der Waals surface area (Å²) in [4.78, 5) is 56.7. The first kappa shape index (κ1) is 44.1. The molecule has 0 spiro atoms. The number of carbonyl (C=O) groups excluding carboxylic acids is 1. The van der Waals surface area contributed by atoms with E-state index in [1.807, 2.05) is 0 Å². The van der Waals surface area contributed by atoms with E-state index in [4.69, 9.17) is 68.1 Å². The number of rotatable bonds is 5. The molecule has 0 saturated carbocycles. The number of hydrogen-bond donors (Lipinski definition) is 2. The van der Waals surface area contributed by atoms with Crippen LogP contribution in [-0.2, 0) is 9.59 Å². The number of hydrogen-bond acceptors (Lipinski definition) is 8. The molecule has 2 N–H and O–H groups in total. The Balaban J connectivity index is 0.000000372. The van der Waals surface area contributed by atoms with Crippen molar-refractivity contribution in [3.63, 3.8) is 0 Å². The number of nitriles is 1. The first-order chi connectivity index (χ1) is 25.6. The fraction of sp³-hybridized carbons (Fsp3) is 0.0303. The third-order valence-electron chi connectivity index (χ3n) is 5.23. The Morgan fingerprint density at radius 2 is 1.06 bits per heavy atom. The summed E-state index contributed by atoms with van der Waals surface area (Å²) in [5, 5.41) is 28.3. The van der Waals surface area contributed by atoms with Gasteiger partial charge in [-0.25, -0.2) is 48.3 Å². The highest BCUT2D eigenvalue weighted by molar-refractivity contribution is 7.18. The van der Waals surface area contributed by atoms with Gasteiger partial charge in [-0.05, 0) is 23.6 Å². The second kappa shape index (κ2) is 21.3. The summed E-state index contributed by atoms with van der Waals surface area (Å²) in [5.41, 5.74) is -1.34. The Labute approximate surface area is 319 Å². The van der Waals surface area contributed by atoms with E-state index in [1.165, 1.54) is 29.5 Å². The minimum absolute atomic E-state index is 0.0665. The van der Waals surface area contributed by atoms with Crippen molar-refractivity contribution in [2.24, 2.45) is 0 Å². The van der Waals surface area contributed by atoms with Crippen LogP contribution in [0.15, 0.2) is 40.8 Å². The Kier molecular flexibility index (Phi) is 17.4. The first-order valence-electron chi connectivity index (χ1n) is 12.9. The highest BCUT2D eigenvalue weighted by Gasteiger charge is 2.38. The van der Waals surface area contributed by atoms with Gasteiger partial charge >= 0.3 is 18.1 Å². The number of alkyl halides is 3. The van der Waals surface area contributed by atoms with Gasteiger partial charge in [0.2, 0.25) is 42.8 Å². The third-order valence-corrected chi connectivity index (χ3v) is 8.90. The maximum absolute atomic E-state index is 12.4. The summed E-state index contributed by atoms with van der Waals surface area (Å²) in [7, 11) is 0. The van der Waals surface area contributed by atoms with Gasteiger partial charge in [-0.15, -0.1) is 0 Å². The predicted molar refractivity (Wildman–Crippen MR) is 196 cm³/mol. The minimum atomic E-state index is -4.99. The molecule has 262 valence electrons. The van der Waals surface area contributed by atoms with Crippen LogP contribution in [0.1, 0.15) is 19.4 Å². The molecule has 54 heavy (non-hydrogen) atoms. The number of nitrogens with zero attached hydrogens (tertiary/aromatic N) is 9. The number of halogens is 3. The molecule has 0 fully saturated rings. The maximum atomic E-state index is 12.4.